The van der Waals surface area contributed by atoms with Gasteiger partial charge in [-0.1, -0.05) is 48.0 Å². The highest BCUT2D eigenvalue weighted by Crippen LogP contribution is 2.29. The quantitative estimate of drug-likeness (QED) is 0.784. The lowest BCUT2D eigenvalue weighted by Crippen LogP contribution is -2.16. The number of carbonyl (C=O) groups is 2. The number of hydrogen-bond donors (Lipinski definition) is 0. The Morgan fingerprint density at radius 3 is 2.25 bits per heavy atom. The van der Waals surface area contributed by atoms with Crippen molar-refractivity contribution in [2.24, 2.45) is 0 Å². The second-order valence-corrected chi connectivity index (χ2v) is 5.12. The number of aryl methyl sites for hydroxylation is 2. The van der Waals surface area contributed by atoms with Crippen molar-refractivity contribution in [2.45, 2.75) is 13.8 Å². The van der Waals surface area contributed by atoms with Gasteiger partial charge in [0.25, 0.3) is 0 Å². The van der Waals surface area contributed by atoms with Crippen LogP contribution in [0.4, 0.5) is 0 Å². The van der Waals surface area contributed by atoms with Crippen molar-refractivity contribution in [1.29, 1.82) is 0 Å². The summed E-state index contributed by atoms with van der Waals surface area (Å²) in [5.41, 5.74) is 4.41. The van der Waals surface area contributed by atoms with Gasteiger partial charge >= 0.3 is 0 Å². The predicted octanol–water partition coefficient (Wildman–Crippen LogP) is 3.77. The third kappa shape index (κ3) is 1.90. The van der Waals surface area contributed by atoms with Gasteiger partial charge in [0.1, 0.15) is 0 Å². The molecule has 0 aliphatic heterocycles. The van der Waals surface area contributed by atoms with Gasteiger partial charge in [-0.05, 0) is 31.1 Å². The molecule has 1 aliphatic rings. The summed E-state index contributed by atoms with van der Waals surface area (Å²) < 4.78 is 0. The molecule has 0 N–H and O–H groups in total. The Morgan fingerprint density at radius 2 is 1.50 bits per heavy atom. The van der Waals surface area contributed by atoms with Gasteiger partial charge in [-0.25, -0.2) is 0 Å². The molecule has 0 radical (unpaired) electrons. The molecule has 2 nitrogen and oxygen atoms in total. The van der Waals surface area contributed by atoms with Gasteiger partial charge in [0, 0.05) is 16.7 Å². The minimum absolute atomic E-state index is 0.0751. The van der Waals surface area contributed by atoms with Crippen molar-refractivity contribution in [1.82, 2.24) is 0 Å². The van der Waals surface area contributed by atoms with E-state index < -0.39 is 0 Å². The molecule has 0 aromatic heterocycles. The highest BCUT2D eigenvalue weighted by atomic mass is 16.1. The summed E-state index contributed by atoms with van der Waals surface area (Å²) in [6, 6.07) is 12.9. The van der Waals surface area contributed by atoms with Crippen LogP contribution in [-0.2, 0) is 0 Å². The van der Waals surface area contributed by atoms with Gasteiger partial charge in [0.2, 0.25) is 0 Å². The normalized spacial score (nSPS) is 14.0. The van der Waals surface area contributed by atoms with E-state index in [4.69, 9.17) is 0 Å². The first-order chi connectivity index (χ1) is 9.58. The Labute approximate surface area is 117 Å². The molecule has 0 unspecified atom stereocenters. The fourth-order valence-corrected chi connectivity index (χ4v) is 2.54. The molecule has 2 aromatic rings. The zero-order chi connectivity index (χ0) is 14.3. The molecule has 0 saturated heterocycles. The van der Waals surface area contributed by atoms with Crippen LogP contribution in [0.25, 0.3) is 5.57 Å². The highest BCUT2D eigenvalue weighted by molar-refractivity contribution is 6.38. The Morgan fingerprint density at radius 1 is 0.800 bits per heavy atom. The second-order valence-electron chi connectivity index (χ2n) is 5.12. The summed E-state index contributed by atoms with van der Waals surface area (Å²) in [6.07, 6.45) is 1.46. The molecule has 1 aliphatic carbocycles. The van der Waals surface area contributed by atoms with E-state index in [0.717, 1.165) is 16.7 Å². The maximum Gasteiger partial charge on any atom is 0.194 e. The van der Waals surface area contributed by atoms with Crippen molar-refractivity contribution < 1.29 is 9.59 Å². The Hall–Kier alpha value is -2.48. The second kappa shape index (κ2) is 4.57. The van der Waals surface area contributed by atoms with E-state index in [2.05, 4.69) is 0 Å². The molecule has 3 rings (SSSR count). The number of hydrogen-bond acceptors (Lipinski definition) is 2. The maximum atomic E-state index is 12.6. The molecule has 0 heterocycles. The molecule has 0 spiro atoms. The van der Waals surface area contributed by atoms with E-state index in [-0.39, 0.29) is 11.6 Å². The summed E-state index contributed by atoms with van der Waals surface area (Å²) in [5.74, 6) is -0.176. The van der Waals surface area contributed by atoms with Crippen LogP contribution in [0.15, 0.2) is 48.5 Å². The minimum atomic E-state index is -0.101. The lowest BCUT2D eigenvalue weighted by Gasteiger charge is -2.17. The first-order valence-electron chi connectivity index (χ1n) is 6.55. The number of Topliss-reactive ketones (excluding diaryl/α,β-unsaturated/α-hetero) is 1. The molecule has 98 valence electrons. The number of rotatable bonds is 1. The fraction of sp³-hybridized carbons (Fsp3) is 0.111. The van der Waals surface area contributed by atoms with E-state index in [1.54, 1.807) is 24.3 Å². The molecule has 0 amide bonds. The molecule has 20 heavy (non-hydrogen) atoms. The van der Waals surface area contributed by atoms with Gasteiger partial charge in [0.15, 0.2) is 11.6 Å². The SMILES string of the molecule is Cc1ccc(C)c(C2=CC(=O)c3ccccc3C2=O)c1. The van der Waals surface area contributed by atoms with Gasteiger partial charge in [-0.15, -0.1) is 0 Å². The standard InChI is InChI=1S/C18H14O2/c1-11-7-8-12(2)15(9-11)16-10-17(19)13-5-3-4-6-14(13)18(16)20/h3-10H,1-2H3. The average molecular weight is 262 g/mol. The van der Waals surface area contributed by atoms with E-state index in [1.807, 2.05) is 32.0 Å². The van der Waals surface area contributed by atoms with Crippen LogP contribution in [0.1, 0.15) is 37.4 Å². The van der Waals surface area contributed by atoms with Gasteiger partial charge in [-0.2, -0.15) is 0 Å². The molecule has 2 aromatic carbocycles. The van der Waals surface area contributed by atoms with E-state index >= 15 is 0 Å². The molecule has 0 bridgehead atoms. The summed E-state index contributed by atoms with van der Waals surface area (Å²) in [5, 5.41) is 0. The summed E-state index contributed by atoms with van der Waals surface area (Å²) in [7, 11) is 0. The maximum absolute atomic E-state index is 12.6. The topological polar surface area (TPSA) is 34.1 Å². The number of allylic oxidation sites excluding steroid dienone is 2. The fourth-order valence-electron chi connectivity index (χ4n) is 2.54. The van der Waals surface area contributed by atoms with Gasteiger partial charge in [-0.3, -0.25) is 9.59 Å². The number of ketones is 2. The van der Waals surface area contributed by atoms with E-state index in [1.165, 1.54) is 6.08 Å². The first kappa shape index (κ1) is 12.5. The predicted molar refractivity (Wildman–Crippen MR) is 79.0 cm³/mol. The van der Waals surface area contributed by atoms with Crippen molar-refractivity contribution >= 4 is 17.1 Å². The van der Waals surface area contributed by atoms with Crippen molar-refractivity contribution in [3.8, 4) is 0 Å². The van der Waals surface area contributed by atoms with E-state index in [0.29, 0.717) is 16.7 Å². The van der Waals surface area contributed by atoms with Crippen LogP contribution in [0.2, 0.25) is 0 Å². The highest BCUT2D eigenvalue weighted by Gasteiger charge is 2.26. The summed E-state index contributed by atoms with van der Waals surface area (Å²) in [6.45, 7) is 3.93. The smallest absolute Gasteiger partial charge is 0.194 e. The Balaban J connectivity index is 2.20. The average Bonchev–Trinajstić information content (AvgIpc) is 2.46. The van der Waals surface area contributed by atoms with Crippen LogP contribution < -0.4 is 0 Å². The monoisotopic (exact) mass is 262 g/mol. The van der Waals surface area contributed by atoms with Gasteiger partial charge in [0.05, 0.1) is 0 Å². The largest absolute Gasteiger partial charge is 0.289 e. The van der Waals surface area contributed by atoms with Crippen molar-refractivity contribution in [3.63, 3.8) is 0 Å². The van der Waals surface area contributed by atoms with Crippen molar-refractivity contribution in [3.05, 3.63) is 76.4 Å². The number of benzene rings is 2. The summed E-state index contributed by atoms with van der Waals surface area (Å²) in [4.78, 5) is 24.8. The first-order valence-corrected chi connectivity index (χ1v) is 6.55. The zero-order valence-corrected chi connectivity index (χ0v) is 11.4. The lowest BCUT2D eigenvalue weighted by molar-refractivity contribution is 0.100. The van der Waals surface area contributed by atoms with Crippen LogP contribution in [-0.4, -0.2) is 11.6 Å². The third-order valence-electron chi connectivity index (χ3n) is 3.64. The van der Waals surface area contributed by atoms with Crippen LogP contribution in [0.3, 0.4) is 0 Å². The number of carbonyl (C=O) groups excluding carboxylic acids is 2. The van der Waals surface area contributed by atoms with Crippen molar-refractivity contribution in [2.75, 3.05) is 0 Å². The Kier molecular flexibility index (Phi) is 2.87. The molecular formula is C18H14O2. The van der Waals surface area contributed by atoms with E-state index in [9.17, 15) is 9.59 Å². The van der Waals surface area contributed by atoms with Crippen LogP contribution in [0.5, 0.6) is 0 Å². The van der Waals surface area contributed by atoms with Crippen LogP contribution >= 0.6 is 0 Å². The number of fused-ring (bicyclic) bond motifs is 1. The molecular weight excluding hydrogens is 248 g/mol. The van der Waals surface area contributed by atoms with Crippen LogP contribution in [0, 0.1) is 13.8 Å². The molecule has 0 saturated carbocycles. The minimum Gasteiger partial charge on any atom is -0.289 e. The lowest BCUT2D eigenvalue weighted by atomic mass is 9.84. The zero-order valence-electron chi connectivity index (χ0n) is 11.4. The Bertz CT molecular complexity index is 767. The third-order valence-corrected chi connectivity index (χ3v) is 3.64. The van der Waals surface area contributed by atoms with Gasteiger partial charge < -0.3 is 0 Å². The summed E-state index contributed by atoms with van der Waals surface area (Å²) >= 11 is 0. The molecule has 0 fully saturated rings. The molecule has 0 atom stereocenters. The molecule has 2 heteroatoms.